The van der Waals surface area contributed by atoms with Gasteiger partial charge in [-0.15, -0.1) is 0 Å². The summed E-state index contributed by atoms with van der Waals surface area (Å²) >= 11 is 0. The number of benzene rings is 1. The predicted octanol–water partition coefficient (Wildman–Crippen LogP) is 0.836. The fourth-order valence-electron chi connectivity index (χ4n) is 1.55. The summed E-state index contributed by atoms with van der Waals surface area (Å²) in [6, 6.07) is 5.34. The van der Waals surface area contributed by atoms with Crippen molar-refractivity contribution in [2.45, 2.75) is 13.2 Å². The van der Waals surface area contributed by atoms with E-state index in [0.717, 1.165) is 0 Å². The highest BCUT2D eigenvalue weighted by molar-refractivity contribution is 5.46. The van der Waals surface area contributed by atoms with E-state index in [0.29, 0.717) is 29.0 Å². The molecule has 0 bridgehead atoms. The molecule has 1 aliphatic rings. The smallest absolute Gasteiger partial charge is 0.240 e. The van der Waals surface area contributed by atoms with Crippen molar-refractivity contribution in [3.8, 4) is 17.2 Å². The first-order chi connectivity index (χ1) is 8.85. The van der Waals surface area contributed by atoms with Gasteiger partial charge in [-0.1, -0.05) is 5.16 Å². The molecule has 94 valence electrons. The number of fused-ring (bicyclic) bond motifs is 1. The molecule has 3 rings (SSSR count). The fourth-order valence-corrected chi connectivity index (χ4v) is 1.55. The first-order valence-electron chi connectivity index (χ1n) is 5.39. The minimum Gasteiger partial charge on any atom is -0.485 e. The van der Waals surface area contributed by atoms with Gasteiger partial charge in [0.25, 0.3) is 0 Å². The van der Waals surface area contributed by atoms with Crippen molar-refractivity contribution in [2.24, 2.45) is 5.73 Å². The normalized spacial score (nSPS) is 12.7. The number of ether oxygens (including phenoxy) is 3. The maximum Gasteiger partial charge on any atom is 0.240 e. The Morgan fingerprint density at radius 3 is 3.00 bits per heavy atom. The third-order valence-electron chi connectivity index (χ3n) is 2.40. The van der Waals surface area contributed by atoms with E-state index < -0.39 is 0 Å². The number of aromatic nitrogens is 2. The molecule has 0 unspecified atom stereocenters. The van der Waals surface area contributed by atoms with Crippen LogP contribution in [-0.4, -0.2) is 16.9 Å². The van der Waals surface area contributed by atoms with Crippen LogP contribution in [0.5, 0.6) is 17.2 Å². The van der Waals surface area contributed by atoms with Crippen LogP contribution >= 0.6 is 0 Å². The van der Waals surface area contributed by atoms with Crippen molar-refractivity contribution in [1.82, 2.24) is 10.1 Å². The summed E-state index contributed by atoms with van der Waals surface area (Å²) in [5, 5.41) is 3.73. The average Bonchev–Trinajstić information content (AvgIpc) is 3.04. The van der Waals surface area contributed by atoms with Crippen LogP contribution in [0.3, 0.4) is 0 Å². The monoisotopic (exact) mass is 249 g/mol. The molecule has 0 amide bonds. The molecule has 1 aliphatic heterocycles. The third kappa shape index (κ3) is 2.07. The highest BCUT2D eigenvalue weighted by atomic mass is 16.7. The molecule has 2 N–H and O–H groups in total. The molecule has 0 saturated carbocycles. The van der Waals surface area contributed by atoms with Gasteiger partial charge in [-0.25, -0.2) is 0 Å². The second-order valence-corrected chi connectivity index (χ2v) is 3.61. The molecular weight excluding hydrogens is 238 g/mol. The van der Waals surface area contributed by atoms with Crippen molar-refractivity contribution >= 4 is 0 Å². The SMILES string of the molecule is NCc1nc(COc2ccc3c(c2)OCO3)no1. The lowest BCUT2D eigenvalue weighted by molar-refractivity contribution is 0.173. The molecule has 0 fully saturated rings. The van der Waals surface area contributed by atoms with E-state index in [1.54, 1.807) is 18.2 Å². The molecule has 2 aromatic rings. The zero-order chi connectivity index (χ0) is 12.4. The van der Waals surface area contributed by atoms with Crippen molar-refractivity contribution in [1.29, 1.82) is 0 Å². The maximum absolute atomic E-state index is 5.51. The largest absolute Gasteiger partial charge is 0.485 e. The zero-order valence-electron chi connectivity index (χ0n) is 9.46. The van der Waals surface area contributed by atoms with Gasteiger partial charge in [-0.05, 0) is 12.1 Å². The zero-order valence-corrected chi connectivity index (χ0v) is 9.46. The molecule has 0 radical (unpaired) electrons. The van der Waals surface area contributed by atoms with E-state index in [2.05, 4.69) is 10.1 Å². The Kier molecular flexibility index (Phi) is 2.73. The molecule has 0 aliphatic carbocycles. The molecule has 0 spiro atoms. The van der Waals surface area contributed by atoms with Gasteiger partial charge in [-0.2, -0.15) is 4.98 Å². The molecular formula is C11H11N3O4. The van der Waals surface area contributed by atoms with Crippen LogP contribution in [0.2, 0.25) is 0 Å². The Labute approximate surface area is 102 Å². The van der Waals surface area contributed by atoms with Crippen LogP contribution in [0.15, 0.2) is 22.7 Å². The van der Waals surface area contributed by atoms with E-state index in [4.69, 9.17) is 24.5 Å². The topological polar surface area (TPSA) is 92.6 Å². The predicted molar refractivity (Wildman–Crippen MR) is 59.1 cm³/mol. The number of hydrogen-bond acceptors (Lipinski definition) is 7. The number of nitrogens with two attached hydrogens (primary N) is 1. The lowest BCUT2D eigenvalue weighted by Crippen LogP contribution is -1.99. The highest BCUT2D eigenvalue weighted by Crippen LogP contribution is 2.35. The Morgan fingerprint density at radius 2 is 2.17 bits per heavy atom. The molecule has 1 aromatic carbocycles. The molecule has 0 saturated heterocycles. The van der Waals surface area contributed by atoms with Gasteiger partial charge in [0, 0.05) is 6.07 Å². The minimum absolute atomic E-state index is 0.211. The minimum atomic E-state index is 0.211. The van der Waals surface area contributed by atoms with Gasteiger partial charge in [0.05, 0.1) is 6.54 Å². The number of rotatable bonds is 4. The van der Waals surface area contributed by atoms with Crippen molar-refractivity contribution in [3.05, 3.63) is 29.9 Å². The Morgan fingerprint density at radius 1 is 1.28 bits per heavy atom. The van der Waals surface area contributed by atoms with Crippen molar-refractivity contribution in [3.63, 3.8) is 0 Å². The molecule has 7 nitrogen and oxygen atoms in total. The Balaban J connectivity index is 1.66. The molecule has 0 atom stereocenters. The van der Waals surface area contributed by atoms with Crippen molar-refractivity contribution < 1.29 is 18.7 Å². The number of nitrogens with zero attached hydrogens (tertiary/aromatic N) is 2. The van der Waals surface area contributed by atoms with Gasteiger partial charge >= 0.3 is 0 Å². The Bertz CT molecular complexity index is 555. The lowest BCUT2D eigenvalue weighted by atomic mass is 10.3. The van der Waals surface area contributed by atoms with E-state index in [-0.39, 0.29) is 19.9 Å². The van der Waals surface area contributed by atoms with Crippen LogP contribution in [0.4, 0.5) is 0 Å². The van der Waals surface area contributed by atoms with Crippen LogP contribution < -0.4 is 19.9 Å². The summed E-state index contributed by atoms with van der Waals surface area (Å²) in [5.41, 5.74) is 5.36. The van der Waals surface area contributed by atoms with Crippen LogP contribution in [-0.2, 0) is 13.2 Å². The lowest BCUT2D eigenvalue weighted by Gasteiger charge is -2.03. The second-order valence-electron chi connectivity index (χ2n) is 3.61. The van der Waals surface area contributed by atoms with Crippen LogP contribution in [0, 0.1) is 0 Å². The van der Waals surface area contributed by atoms with E-state index in [1.165, 1.54) is 0 Å². The standard InChI is InChI=1S/C11H11N3O4/c12-4-11-13-10(14-18-11)5-15-7-1-2-8-9(3-7)17-6-16-8/h1-3H,4-6,12H2. The quantitative estimate of drug-likeness (QED) is 0.857. The summed E-state index contributed by atoms with van der Waals surface area (Å²) in [6.45, 7) is 0.670. The van der Waals surface area contributed by atoms with Gasteiger partial charge in [0.15, 0.2) is 18.1 Å². The maximum atomic E-state index is 5.51. The Hall–Kier alpha value is -2.28. The summed E-state index contributed by atoms with van der Waals surface area (Å²) in [7, 11) is 0. The van der Waals surface area contributed by atoms with Gasteiger partial charge in [0.2, 0.25) is 18.5 Å². The molecule has 18 heavy (non-hydrogen) atoms. The third-order valence-corrected chi connectivity index (χ3v) is 2.40. The van der Waals surface area contributed by atoms with Crippen molar-refractivity contribution in [2.75, 3.05) is 6.79 Å². The van der Waals surface area contributed by atoms with Crippen LogP contribution in [0.1, 0.15) is 11.7 Å². The summed E-state index contributed by atoms with van der Waals surface area (Å²) in [5.74, 6) is 2.88. The van der Waals surface area contributed by atoms with Gasteiger partial charge < -0.3 is 24.5 Å². The summed E-state index contributed by atoms with van der Waals surface area (Å²) < 4.78 is 20.8. The molecule has 7 heteroatoms. The molecule has 1 aromatic heterocycles. The van der Waals surface area contributed by atoms with Gasteiger partial charge in [-0.3, -0.25) is 0 Å². The first kappa shape index (κ1) is 10.8. The number of hydrogen-bond donors (Lipinski definition) is 1. The summed E-state index contributed by atoms with van der Waals surface area (Å²) in [4.78, 5) is 4.03. The van der Waals surface area contributed by atoms with E-state index in [9.17, 15) is 0 Å². The van der Waals surface area contributed by atoms with E-state index in [1.807, 2.05) is 0 Å². The first-order valence-corrected chi connectivity index (χ1v) is 5.39. The highest BCUT2D eigenvalue weighted by Gasteiger charge is 2.14. The fraction of sp³-hybridized carbons (Fsp3) is 0.273. The average molecular weight is 249 g/mol. The van der Waals surface area contributed by atoms with E-state index >= 15 is 0 Å². The van der Waals surface area contributed by atoms with Crippen LogP contribution in [0.25, 0.3) is 0 Å². The summed E-state index contributed by atoms with van der Waals surface area (Å²) in [6.07, 6.45) is 0. The second kappa shape index (κ2) is 4.53. The van der Waals surface area contributed by atoms with Gasteiger partial charge in [0.1, 0.15) is 5.75 Å². The molecule has 2 heterocycles.